The van der Waals surface area contributed by atoms with E-state index < -0.39 is 11.5 Å². The molecule has 0 aliphatic carbocycles. The van der Waals surface area contributed by atoms with Crippen molar-refractivity contribution in [3.8, 4) is 5.75 Å². The van der Waals surface area contributed by atoms with Gasteiger partial charge in [-0.15, -0.1) is 0 Å². The van der Waals surface area contributed by atoms with Crippen LogP contribution in [0.4, 0.5) is 0 Å². The molecule has 4 N–H and O–H groups in total. The van der Waals surface area contributed by atoms with Crippen LogP contribution >= 0.6 is 0 Å². The van der Waals surface area contributed by atoms with Crippen molar-refractivity contribution in [3.05, 3.63) is 64.7 Å². The third-order valence-corrected chi connectivity index (χ3v) is 5.38. The number of nitrogens with zero attached hydrogens (tertiary/aromatic N) is 1. The van der Waals surface area contributed by atoms with Crippen molar-refractivity contribution in [3.63, 3.8) is 0 Å². The van der Waals surface area contributed by atoms with Gasteiger partial charge in [-0.25, -0.2) is 5.48 Å². The largest absolute Gasteiger partial charge is 0.507 e. The number of carbonyl (C=O) groups excluding carboxylic acids is 2. The van der Waals surface area contributed by atoms with Gasteiger partial charge >= 0.3 is 0 Å². The van der Waals surface area contributed by atoms with Gasteiger partial charge in [0, 0.05) is 25.2 Å². The molecule has 3 rings (SSSR count). The highest BCUT2D eigenvalue weighted by Crippen LogP contribution is 2.29. The molecule has 0 radical (unpaired) electrons. The van der Waals surface area contributed by atoms with Crippen molar-refractivity contribution in [1.82, 2.24) is 10.4 Å². The topological polar surface area (TPSA) is 105 Å². The number of nitrogens with one attached hydrogen (secondary N) is 1. The van der Waals surface area contributed by atoms with Crippen molar-refractivity contribution in [2.45, 2.75) is 51.7 Å². The number of nitrogens with two attached hydrogens (primary N) is 1. The highest BCUT2D eigenvalue weighted by atomic mass is 16.7. The molecule has 7 nitrogen and oxygen atoms in total. The van der Waals surface area contributed by atoms with Crippen molar-refractivity contribution >= 4 is 11.8 Å². The minimum absolute atomic E-state index is 0.00332. The average Bonchev–Trinajstić information content (AvgIpc) is 2.77. The molecule has 0 bridgehead atoms. The van der Waals surface area contributed by atoms with E-state index in [1.54, 1.807) is 25.7 Å². The fourth-order valence-corrected chi connectivity index (χ4v) is 3.68. The monoisotopic (exact) mass is 425 g/mol. The molecule has 0 unspecified atom stereocenters. The zero-order valence-electron chi connectivity index (χ0n) is 18.4. The van der Waals surface area contributed by atoms with E-state index in [0.717, 1.165) is 18.4 Å². The smallest absolute Gasteiger partial charge is 0.278 e. The second-order valence-electron chi connectivity index (χ2n) is 8.89. The molecular formula is C24H31N3O4. The Kier molecular flexibility index (Phi) is 6.97. The maximum absolute atomic E-state index is 13.0. The lowest BCUT2D eigenvalue weighted by molar-refractivity contribution is -0.0590. The van der Waals surface area contributed by atoms with Crippen LogP contribution in [0.1, 0.15) is 71.4 Å². The number of carbonyl (C=O) groups is 2. The highest BCUT2D eigenvalue weighted by Gasteiger charge is 2.26. The summed E-state index contributed by atoms with van der Waals surface area (Å²) in [5, 5.41) is 10.1. The van der Waals surface area contributed by atoms with E-state index in [4.69, 9.17) is 10.6 Å². The molecule has 166 valence electrons. The first-order valence-corrected chi connectivity index (χ1v) is 10.6. The van der Waals surface area contributed by atoms with Crippen LogP contribution in [-0.4, -0.2) is 40.5 Å². The van der Waals surface area contributed by atoms with Gasteiger partial charge in [0.05, 0.1) is 11.2 Å². The summed E-state index contributed by atoms with van der Waals surface area (Å²) >= 11 is 0. The number of rotatable bonds is 5. The molecule has 1 heterocycles. The van der Waals surface area contributed by atoms with E-state index in [0.29, 0.717) is 31.1 Å². The molecule has 0 saturated carbocycles. The van der Waals surface area contributed by atoms with Crippen LogP contribution in [0.2, 0.25) is 0 Å². The number of aromatic hydroxyl groups is 1. The summed E-state index contributed by atoms with van der Waals surface area (Å²) < 4.78 is 0. The normalized spacial score (nSPS) is 15.0. The fourth-order valence-electron chi connectivity index (χ4n) is 3.68. The van der Waals surface area contributed by atoms with Crippen molar-refractivity contribution < 1.29 is 19.5 Å². The van der Waals surface area contributed by atoms with Crippen LogP contribution in [0.25, 0.3) is 0 Å². The Hall–Kier alpha value is -2.90. The van der Waals surface area contributed by atoms with E-state index in [2.05, 4.69) is 17.6 Å². The third-order valence-electron chi connectivity index (χ3n) is 5.38. The summed E-state index contributed by atoms with van der Waals surface area (Å²) in [6, 6.07) is 12.6. The van der Waals surface area contributed by atoms with Crippen molar-refractivity contribution in [2.75, 3.05) is 13.1 Å². The molecule has 1 aliphatic heterocycles. The van der Waals surface area contributed by atoms with Crippen LogP contribution < -0.4 is 11.2 Å². The van der Waals surface area contributed by atoms with Gasteiger partial charge in [0.2, 0.25) is 0 Å². The second kappa shape index (κ2) is 9.49. The maximum atomic E-state index is 13.0. The number of benzene rings is 2. The minimum atomic E-state index is -0.597. The summed E-state index contributed by atoms with van der Waals surface area (Å²) in [5.74, 6) is -0.558. The molecule has 2 aromatic carbocycles. The van der Waals surface area contributed by atoms with E-state index in [-0.39, 0.29) is 17.2 Å². The van der Waals surface area contributed by atoms with Crippen LogP contribution in [0.3, 0.4) is 0 Å². The molecule has 31 heavy (non-hydrogen) atoms. The quantitative estimate of drug-likeness (QED) is 0.638. The lowest BCUT2D eigenvalue weighted by Crippen LogP contribution is -2.38. The van der Waals surface area contributed by atoms with Crippen molar-refractivity contribution in [1.29, 1.82) is 0 Å². The summed E-state index contributed by atoms with van der Waals surface area (Å²) in [6.45, 7) is 7.16. The van der Waals surface area contributed by atoms with Gasteiger partial charge in [-0.05, 0) is 68.9 Å². The zero-order valence-corrected chi connectivity index (χ0v) is 18.4. The van der Waals surface area contributed by atoms with E-state index >= 15 is 0 Å². The Bertz CT molecular complexity index is 944. The van der Waals surface area contributed by atoms with E-state index in [9.17, 15) is 14.7 Å². The summed E-state index contributed by atoms with van der Waals surface area (Å²) in [6.07, 6.45) is 1.73. The Morgan fingerprint density at radius 1 is 1.16 bits per heavy atom. The molecule has 0 aromatic heterocycles. The van der Waals surface area contributed by atoms with Crippen LogP contribution in [0.15, 0.2) is 42.5 Å². The fraction of sp³-hybridized carbons (Fsp3) is 0.417. The predicted octanol–water partition coefficient (Wildman–Crippen LogP) is 3.33. The maximum Gasteiger partial charge on any atom is 0.278 e. The number of piperidine rings is 1. The van der Waals surface area contributed by atoms with Crippen LogP contribution in [-0.2, 0) is 11.4 Å². The molecule has 2 amide bonds. The Morgan fingerprint density at radius 3 is 2.52 bits per heavy atom. The van der Waals surface area contributed by atoms with Gasteiger partial charge in [-0.1, -0.05) is 24.3 Å². The third kappa shape index (κ3) is 5.83. The van der Waals surface area contributed by atoms with Gasteiger partial charge in [0.1, 0.15) is 5.75 Å². The molecule has 0 atom stereocenters. The Balaban J connectivity index is 1.66. The second-order valence-corrected chi connectivity index (χ2v) is 8.89. The van der Waals surface area contributed by atoms with Crippen molar-refractivity contribution in [2.24, 2.45) is 5.73 Å². The van der Waals surface area contributed by atoms with E-state index in [1.165, 1.54) is 23.8 Å². The zero-order chi connectivity index (χ0) is 22.6. The van der Waals surface area contributed by atoms with Gasteiger partial charge in [-0.3, -0.25) is 14.4 Å². The number of hydrogen-bond donors (Lipinski definition) is 3. The van der Waals surface area contributed by atoms with Gasteiger partial charge < -0.3 is 15.7 Å². The molecule has 7 heteroatoms. The van der Waals surface area contributed by atoms with E-state index in [1.807, 2.05) is 12.1 Å². The standard InChI is InChI=1S/C24H31N3O4/c1-24(2,3)31-26-22(29)20-14-19(7-8-21(20)28)23(30)27-11-9-17(10-12-27)18-6-4-5-16(13-18)15-25/h4-8,13-14,17,28H,9-12,15,25H2,1-3H3,(H,26,29). The average molecular weight is 426 g/mol. The minimum Gasteiger partial charge on any atom is -0.507 e. The molecule has 1 fully saturated rings. The first-order chi connectivity index (χ1) is 14.7. The number of phenolic OH excluding ortho intramolecular Hbond substituents is 1. The highest BCUT2D eigenvalue weighted by molar-refractivity contribution is 6.01. The molecule has 0 spiro atoms. The Morgan fingerprint density at radius 2 is 1.87 bits per heavy atom. The van der Waals surface area contributed by atoms with Crippen LogP contribution in [0.5, 0.6) is 5.75 Å². The van der Waals surface area contributed by atoms with Gasteiger partial charge in [0.15, 0.2) is 0 Å². The molecular weight excluding hydrogens is 394 g/mol. The van der Waals surface area contributed by atoms with Gasteiger partial charge in [-0.2, -0.15) is 0 Å². The summed E-state index contributed by atoms with van der Waals surface area (Å²) in [5.41, 5.74) is 10.2. The Labute approximate surface area is 183 Å². The lowest BCUT2D eigenvalue weighted by Gasteiger charge is -2.32. The molecule has 1 aliphatic rings. The summed E-state index contributed by atoms with van der Waals surface area (Å²) in [4.78, 5) is 32.5. The summed E-state index contributed by atoms with van der Waals surface area (Å²) in [7, 11) is 0. The van der Waals surface area contributed by atoms with Crippen LogP contribution in [0, 0.1) is 0 Å². The predicted molar refractivity (Wildman–Crippen MR) is 119 cm³/mol. The number of hydroxylamine groups is 1. The first-order valence-electron chi connectivity index (χ1n) is 10.6. The number of amides is 2. The molecule has 1 saturated heterocycles. The molecule has 2 aromatic rings. The first kappa shape index (κ1) is 22.8. The van der Waals surface area contributed by atoms with Gasteiger partial charge in [0.25, 0.3) is 11.8 Å². The number of phenols is 1. The number of likely N-dealkylation sites (tertiary alicyclic amines) is 1. The number of hydrogen-bond acceptors (Lipinski definition) is 5. The lowest BCUT2D eigenvalue weighted by atomic mass is 9.88. The SMILES string of the molecule is CC(C)(C)ONC(=O)c1cc(C(=O)N2CCC(c3cccc(CN)c3)CC2)ccc1O.